The number of hydrogen-bond acceptors (Lipinski definition) is 6. The second-order valence-corrected chi connectivity index (χ2v) is 7.70. The first kappa shape index (κ1) is 15.5. The number of ether oxygens (including phenoxy) is 1. The van der Waals surface area contributed by atoms with E-state index in [0.717, 1.165) is 40.9 Å². The van der Waals surface area contributed by atoms with Crippen LogP contribution < -0.4 is 0 Å². The maximum absolute atomic E-state index is 10.1. The van der Waals surface area contributed by atoms with Crippen molar-refractivity contribution in [2.75, 3.05) is 38.6 Å². The molecular weight excluding hydrogens is 328 g/mol. The van der Waals surface area contributed by atoms with Gasteiger partial charge >= 0.3 is 0 Å². The molecule has 1 aromatic heterocycles. The van der Waals surface area contributed by atoms with E-state index in [1.54, 1.807) is 23.1 Å². The predicted molar refractivity (Wildman–Crippen MR) is 88.6 cm³/mol. The molecule has 0 bridgehead atoms. The highest BCUT2D eigenvalue weighted by molar-refractivity contribution is 8.01. The molecule has 2 heterocycles. The molecule has 1 aliphatic rings. The van der Waals surface area contributed by atoms with Crippen molar-refractivity contribution in [2.45, 2.75) is 10.4 Å². The number of benzene rings is 1. The molecule has 1 saturated heterocycles. The lowest BCUT2D eigenvalue weighted by molar-refractivity contribution is 0.0188. The number of thioether (sulfide) groups is 1. The quantitative estimate of drug-likeness (QED) is 0.845. The molecule has 7 heteroatoms. The van der Waals surface area contributed by atoms with Gasteiger partial charge in [0.25, 0.3) is 0 Å². The first-order chi connectivity index (χ1) is 10.2. The second kappa shape index (κ2) is 7.26. The minimum absolute atomic E-state index is 0.344. The minimum atomic E-state index is -0.344. The number of hydrogen-bond donors (Lipinski definition) is 1. The predicted octanol–water partition coefficient (Wildman–Crippen LogP) is 2.73. The van der Waals surface area contributed by atoms with Crippen molar-refractivity contribution in [2.24, 2.45) is 0 Å². The van der Waals surface area contributed by atoms with Crippen LogP contribution in [0.5, 0.6) is 0 Å². The van der Waals surface area contributed by atoms with Crippen LogP contribution in [-0.4, -0.2) is 59.7 Å². The van der Waals surface area contributed by atoms with E-state index in [-0.39, 0.29) is 6.10 Å². The molecule has 0 radical (unpaired) electrons. The molecule has 4 nitrogen and oxygen atoms in total. The molecule has 1 aromatic carbocycles. The number of β-amino-alcohol motifs (C(OH)–C–C–N with tert-alkyl or cyclic N) is 1. The number of aliphatic hydroxyl groups is 1. The van der Waals surface area contributed by atoms with E-state index in [4.69, 9.17) is 16.3 Å². The largest absolute Gasteiger partial charge is 0.391 e. The van der Waals surface area contributed by atoms with Gasteiger partial charge in [-0.05, 0) is 18.2 Å². The average Bonchev–Trinajstić information content (AvgIpc) is 2.88. The minimum Gasteiger partial charge on any atom is -0.391 e. The van der Waals surface area contributed by atoms with E-state index in [0.29, 0.717) is 17.3 Å². The van der Waals surface area contributed by atoms with Gasteiger partial charge in [0.2, 0.25) is 0 Å². The van der Waals surface area contributed by atoms with Crippen molar-refractivity contribution in [1.29, 1.82) is 0 Å². The molecule has 114 valence electrons. The molecule has 0 aliphatic carbocycles. The number of thiazole rings is 1. The molecular formula is C14H17ClN2O2S2. The van der Waals surface area contributed by atoms with Crippen LogP contribution in [-0.2, 0) is 4.74 Å². The molecule has 21 heavy (non-hydrogen) atoms. The average molecular weight is 345 g/mol. The van der Waals surface area contributed by atoms with Gasteiger partial charge in [-0.1, -0.05) is 23.4 Å². The van der Waals surface area contributed by atoms with E-state index < -0.39 is 0 Å². The number of fused-ring (bicyclic) bond motifs is 1. The Kier molecular flexibility index (Phi) is 5.37. The summed E-state index contributed by atoms with van der Waals surface area (Å²) in [7, 11) is 0. The highest BCUT2D eigenvalue weighted by Gasteiger charge is 2.15. The van der Waals surface area contributed by atoms with Crippen LogP contribution in [0.3, 0.4) is 0 Å². The lowest BCUT2D eigenvalue weighted by atomic mass is 10.3. The third kappa shape index (κ3) is 4.31. The summed E-state index contributed by atoms with van der Waals surface area (Å²) in [5.74, 6) is 0.658. The Morgan fingerprint density at radius 1 is 1.43 bits per heavy atom. The smallest absolute Gasteiger partial charge is 0.151 e. The van der Waals surface area contributed by atoms with Crippen LogP contribution in [0.25, 0.3) is 10.2 Å². The molecule has 2 aromatic rings. The number of nitrogens with zero attached hydrogens (tertiary/aromatic N) is 2. The van der Waals surface area contributed by atoms with Crippen molar-refractivity contribution in [3.63, 3.8) is 0 Å². The molecule has 1 N–H and O–H groups in total. The zero-order valence-corrected chi connectivity index (χ0v) is 13.9. The Hall–Kier alpha value is -0.370. The standard InChI is InChI=1S/C14H17ClN2O2S2/c15-10-1-2-13-12(7-10)16-14(21-13)20-9-11(18)8-17-3-5-19-6-4-17/h1-2,7,11,18H,3-6,8-9H2/t11-/m1/s1. The van der Waals surface area contributed by atoms with Crippen LogP contribution in [0.4, 0.5) is 0 Å². The van der Waals surface area contributed by atoms with Crippen molar-refractivity contribution >= 4 is 44.9 Å². The van der Waals surface area contributed by atoms with E-state index >= 15 is 0 Å². The summed E-state index contributed by atoms with van der Waals surface area (Å²) in [4.78, 5) is 6.79. The summed E-state index contributed by atoms with van der Waals surface area (Å²) >= 11 is 9.21. The van der Waals surface area contributed by atoms with Gasteiger partial charge in [0, 0.05) is 30.4 Å². The van der Waals surface area contributed by atoms with Gasteiger partial charge in [-0.3, -0.25) is 4.90 Å². The maximum atomic E-state index is 10.1. The van der Waals surface area contributed by atoms with E-state index in [1.807, 2.05) is 18.2 Å². The van der Waals surface area contributed by atoms with Crippen LogP contribution in [0, 0.1) is 0 Å². The Balaban J connectivity index is 1.53. The summed E-state index contributed by atoms with van der Waals surface area (Å²) in [6.07, 6.45) is -0.344. The zero-order chi connectivity index (χ0) is 14.7. The third-order valence-corrected chi connectivity index (χ3v) is 5.86. The Morgan fingerprint density at radius 3 is 3.05 bits per heavy atom. The molecule has 1 atom stereocenters. The summed E-state index contributed by atoms with van der Waals surface area (Å²) in [6, 6.07) is 5.74. The second-order valence-electron chi connectivity index (χ2n) is 4.97. The monoisotopic (exact) mass is 344 g/mol. The van der Waals surface area contributed by atoms with Gasteiger partial charge in [0.1, 0.15) is 0 Å². The molecule has 3 rings (SSSR count). The van der Waals surface area contributed by atoms with Crippen LogP contribution >= 0.6 is 34.7 Å². The number of rotatable bonds is 5. The highest BCUT2D eigenvalue weighted by atomic mass is 35.5. The van der Waals surface area contributed by atoms with Gasteiger partial charge in [0.05, 0.1) is 29.5 Å². The number of morpholine rings is 1. The summed E-state index contributed by atoms with van der Waals surface area (Å²) in [6.45, 7) is 4.03. The molecule has 0 spiro atoms. The Morgan fingerprint density at radius 2 is 2.24 bits per heavy atom. The lowest BCUT2D eigenvalue weighted by Gasteiger charge is -2.28. The number of halogens is 1. The van der Waals surface area contributed by atoms with Crippen molar-refractivity contribution in [3.8, 4) is 0 Å². The summed E-state index contributed by atoms with van der Waals surface area (Å²) in [5, 5.41) is 10.8. The third-order valence-electron chi connectivity index (χ3n) is 3.30. The Bertz CT molecular complexity index is 602. The van der Waals surface area contributed by atoms with Gasteiger partial charge < -0.3 is 9.84 Å². The number of aliphatic hydroxyl groups excluding tert-OH is 1. The van der Waals surface area contributed by atoms with E-state index in [1.165, 1.54) is 0 Å². The summed E-state index contributed by atoms with van der Waals surface area (Å²) in [5.41, 5.74) is 0.928. The molecule has 0 amide bonds. The van der Waals surface area contributed by atoms with Gasteiger partial charge in [-0.15, -0.1) is 11.3 Å². The molecule has 1 fully saturated rings. The molecule has 0 unspecified atom stereocenters. The van der Waals surface area contributed by atoms with Crippen molar-refractivity contribution in [3.05, 3.63) is 23.2 Å². The van der Waals surface area contributed by atoms with Crippen molar-refractivity contribution in [1.82, 2.24) is 9.88 Å². The maximum Gasteiger partial charge on any atom is 0.151 e. The molecule has 0 saturated carbocycles. The first-order valence-electron chi connectivity index (χ1n) is 6.88. The van der Waals surface area contributed by atoms with Crippen LogP contribution in [0.2, 0.25) is 5.02 Å². The van der Waals surface area contributed by atoms with Gasteiger partial charge in [-0.25, -0.2) is 4.98 Å². The number of aromatic nitrogens is 1. The van der Waals surface area contributed by atoms with Gasteiger partial charge in [0.15, 0.2) is 4.34 Å². The van der Waals surface area contributed by atoms with Crippen LogP contribution in [0.15, 0.2) is 22.5 Å². The van der Waals surface area contributed by atoms with E-state index in [2.05, 4.69) is 9.88 Å². The zero-order valence-electron chi connectivity index (χ0n) is 11.5. The summed E-state index contributed by atoms with van der Waals surface area (Å²) < 4.78 is 7.42. The fourth-order valence-electron chi connectivity index (χ4n) is 2.24. The molecule has 1 aliphatic heterocycles. The SMILES string of the molecule is O[C@@H](CSc1nc2cc(Cl)ccc2s1)CN1CCOCC1. The van der Waals surface area contributed by atoms with Crippen molar-refractivity contribution < 1.29 is 9.84 Å². The van der Waals surface area contributed by atoms with E-state index in [9.17, 15) is 5.11 Å². The van der Waals surface area contributed by atoms with Gasteiger partial charge in [-0.2, -0.15) is 0 Å². The first-order valence-corrected chi connectivity index (χ1v) is 9.06. The topological polar surface area (TPSA) is 45.6 Å². The highest BCUT2D eigenvalue weighted by Crippen LogP contribution is 2.31. The fraction of sp³-hybridized carbons (Fsp3) is 0.500. The van der Waals surface area contributed by atoms with Crippen LogP contribution in [0.1, 0.15) is 0 Å². The fourth-order valence-corrected chi connectivity index (χ4v) is 4.40. The normalized spacial score (nSPS) is 18.2. The lowest BCUT2D eigenvalue weighted by Crippen LogP contribution is -2.41. The Labute approximate surface area is 137 Å².